The molecule has 0 spiro atoms. The average molecular weight is 342 g/mol. The number of hydrogen-bond acceptors (Lipinski definition) is 7. The Labute approximate surface area is 138 Å². The topological polar surface area (TPSA) is 47.0 Å². The lowest BCUT2D eigenvalue weighted by Crippen LogP contribution is -2.18. The molecule has 0 saturated carbocycles. The fourth-order valence-electron chi connectivity index (χ4n) is 1.76. The van der Waals surface area contributed by atoms with Gasteiger partial charge in [0.15, 0.2) is 8.68 Å². The Bertz CT molecular complexity index is 574. The Morgan fingerprint density at radius 3 is 2.81 bits per heavy atom. The molecule has 0 aliphatic heterocycles. The summed E-state index contributed by atoms with van der Waals surface area (Å²) >= 11 is 4.95. The smallest absolute Gasteiger partial charge is 0.179 e. The molecule has 0 aliphatic rings. The molecule has 2 rings (SSSR count). The van der Waals surface area contributed by atoms with Gasteiger partial charge in [0.25, 0.3) is 0 Å². The van der Waals surface area contributed by atoms with Crippen LogP contribution in [0.25, 0.3) is 0 Å². The van der Waals surface area contributed by atoms with E-state index in [1.54, 1.807) is 42.0 Å². The van der Waals surface area contributed by atoms with Crippen LogP contribution in [0.2, 0.25) is 0 Å². The zero-order chi connectivity index (χ0) is 15.1. The van der Waals surface area contributed by atoms with Crippen molar-refractivity contribution in [2.24, 2.45) is 0 Å². The van der Waals surface area contributed by atoms with Crippen molar-refractivity contribution in [2.45, 2.75) is 27.0 Å². The molecule has 0 radical (unpaired) electrons. The van der Waals surface area contributed by atoms with Crippen molar-refractivity contribution in [3.05, 3.63) is 29.3 Å². The maximum atomic E-state index is 5.06. The number of ether oxygens (including phenoxy) is 1. The molecule has 114 valence electrons. The van der Waals surface area contributed by atoms with Gasteiger partial charge in [0, 0.05) is 25.1 Å². The fourth-order valence-corrected chi connectivity index (χ4v) is 4.26. The molecule has 21 heavy (non-hydrogen) atoms. The van der Waals surface area contributed by atoms with E-state index in [0.29, 0.717) is 0 Å². The maximum absolute atomic E-state index is 5.06. The number of nitrogens with zero attached hydrogens (tertiary/aromatic N) is 2. The number of aryl methyl sites for hydroxylation is 1. The average Bonchev–Trinajstić information content (AvgIpc) is 2.94. The third-order valence-corrected chi connectivity index (χ3v) is 5.84. The van der Waals surface area contributed by atoms with Crippen molar-refractivity contribution in [3.8, 4) is 0 Å². The molecular formula is C14H19N3OS3. The van der Waals surface area contributed by atoms with Gasteiger partial charge in [-0.05, 0) is 24.8 Å². The Kier molecular flexibility index (Phi) is 6.98. The molecular weight excluding hydrogens is 322 g/mol. The number of hydrogen-bond donors (Lipinski definition) is 1. The number of thioether (sulfide) groups is 1. The van der Waals surface area contributed by atoms with E-state index in [9.17, 15) is 0 Å². The highest BCUT2D eigenvalue weighted by Gasteiger charge is 2.09. The first-order chi connectivity index (χ1) is 10.2. The molecule has 1 heterocycles. The van der Waals surface area contributed by atoms with Gasteiger partial charge in [-0.2, -0.15) is 0 Å². The monoisotopic (exact) mass is 341 g/mol. The first kappa shape index (κ1) is 16.8. The second-order valence-corrected chi connectivity index (χ2v) is 7.74. The molecule has 1 N–H and O–H groups in total. The van der Waals surface area contributed by atoms with Crippen molar-refractivity contribution < 1.29 is 4.74 Å². The number of benzene rings is 1. The summed E-state index contributed by atoms with van der Waals surface area (Å²) in [5.41, 5.74) is 2.56. The van der Waals surface area contributed by atoms with Gasteiger partial charge in [0.05, 0.1) is 6.61 Å². The van der Waals surface area contributed by atoms with Gasteiger partial charge in [-0.25, -0.2) is 0 Å². The molecule has 2 aromatic rings. The summed E-state index contributed by atoms with van der Waals surface area (Å²) in [6, 6.07) is 6.52. The lowest BCUT2D eigenvalue weighted by atomic mass is 10.1. The molecule has 0 saturated heterocycles. The van der Waals surface area contributed by atoms with Gasteiger partial charge in [-0.15, -0.1) is 10.2 Å². The van der Waals surface area contributed by atoms with E-state index in [-0.39, 0.29) is 0 Å². The predicted octanol–water partition coefficient (Wildman–Crippen LogP) is 3.46. The summed E-state index contributed by atoms with van der Waals surface area (Å²) < 4.78 is 7.05. The van der Waals surface area contributed by atoms with Crippen LogP contribution < -0.4 is 5.32 Å². The number of methoxy groups -OCH3 is 1. The van der Waals surface area contributed by atoms with E-state index < -0.39 is 0 Å². The van der Waals surface area contributed by atoms with Gasteiger partial charge in [-0.1, -0.05) is 52.6 Å². The van der Waals surface area contributed by atoms with Gasteiger partial charge >= 0.3 is 0 Å². The Morgan fingerprint density at radius 2 is 2.10 bits per heavy atom. The summed E-state index contributed by atoms with van der Waals surface area (Å²) in [6.45, 7) is 4.52. The van der Waals surface area contributed by atoms with Gasteiger partial charge in [-0.3, -0.25) is 0 Å². The van der Waals surface area contributed by atoms with Crippen LogP contribution in [0.3, 0.4) is 0 Å². The van der Waals surface area contributed by atoms with Crippen molar-refractivity contribution in [2.75, 3.05) is 26.5 Å². The summed E-state index contributed by atoms with van der Waals surface area (Å²) in [6.07, 6.45) is 2.02. The molecule has 4 nitrogen and oxygen atoms in total. The lowest BCUT2D eigenvalue weighted by Gasteiger charge is -2.10. The van der Waals surface area contributed by atoms with Crippen LogP contribution in [-0.4, -0.2) is 36.7 Å². The summed E-state index contributed by atoms with van der Waals surface area (Å²) in [7, 11) is 1.72. The fraction of sp³-hybridized carbons (Fsp3) is 0.429. The minimum absolute atomic E-state index is 0.724. The SMILES string of the molecule is COCCNCc1cc(C)ccc1Sc1nnc(SC)s1. The van der Waals surface area contributed by atoms with Crippen molar-refractivity contribution >= 4 is 34.9 Å². The normalized spacial score (nSPS) is 11.0. The largest absolute Gasteiger partial charge is 0.383 e. The molecule has 0 bridgehead atoms. The highest BCUT2D eigenvalue weighted by Crippen LogP contribution is 2.34. The third kappa shape index (κ3) is 5.27. The molecule has 0 atom stereocenters. The summed E-state index contributed by atoms with van der Waals surface area (Å²) in [4.78, 5) is 1.23. The van der Waals surface area contributed by atoms with Crippen LogP contribution in [0.15, 0.2) is 31.8 Å². The summed E-state index contributed by atoms with van der Waals surface area (Å²) in [5, 5.41) is 11.8. The van der Waals surface area contributed by atoms with Crippen LogP contribution in [0.1, 0.15) is 11.1 Å². The maximum Gasteiger partial charge on any atom is 0.179 e. The zero-order valence-corrected chi connectivity index (χ0v) is 14.8. The van der Waals surface area contributed by atoms with Gasteiger partial charge in [0.2, 0.25) is 0 Å². The molecule has 1 aromatic heterocycles. The minimum atomic E-state index is 0.724. The van der Waals surface area contributed by atoms with Crippen molar-refractivity contribution in [3.63, 3.8) is 0 Å². The number of nitrogens with one attached hydrogen (secondary N) is 1. The van der Waals surface area contributed by atoms with E-state index >= 15 is 0 Å². The number of rotatable bonds is 8. The molecule has 0 fully saturated rings. The Morgan fingerprint density at radius 1 is 1.29 bits per heavy atom. The quantitative estimate of drug-likeness (QED) is 0.586. The molecule has 0 aliphatic carbocycles. The number of aromatic nitrogens is 2. The van der Waals surface area contributed by atoms with Gasteiger partial charge < -0.3 is 10.1 Å². The van der Waals surface area contributed by atoms with E-state index in [1.807, 2.05) is 6.26 Å². The van der Waals surface area contributed by atoms with Crippen LogP contribution >= 0.6 is 34.9 Å². The molecule has 7 heteroatoms. The first-order valence-corrected chi connectivity index (χ1v) is 9.43. The third-order valence-electron chi connectivity index (χ3n) is 2.77. The van der Waals surface area contributed by atoms with Crippen LogP contribution in [0, 0.1) is 6.92 Å². The highest BCUT2D eigenvalue weighted by molar-refractivity contribution is 8.03. The van der Waals surface area contributed by atoms with Crippen LogP contribution in [-0.2, 0) is 11.3 Å². The van der Waals surface area contributed by atoms with E-state index in [2.05, 4.69) is 40.6 Å². The standard InChI is InChI=1S/C14H19N3OS3/c1-10-4-5-12(11(8-10)9-15-6-7-18-2)20-14-17-16-13(19-3)21-14/h4-5,8,15H,6-7,9H2,1-3H3. The molecule has 1 aromatic carbocycles. The molecule has 0 amide bonds. The highest BCUT2D eigenvalue weighted by atomic mass is 32.2. The predicted molar refractivity (Wildman–Crippen MR) is 90.6 cm³/mol. The van der Waals surface area contributed by atoms with E-state index in [0.717, 1.165) is 28.4 Å². The van der Waals surface area contributed by atoms with Crippen molar-refractivity contribution in [1.29, 1.82) is 0 Å². The first-order valence-electron chi connectivity index (χ1n) is 6.57. The van der Waals surface area contributed by atoms with Crippen molar-refractivity contribution in [1.82, 2.24) is 15.5 Å². The van der Waals surface area contributed by atoms with E-state index in [4.69, 9.17) is 4.74 Å². The van der Waals surface area contributed by atoms with Gasteiger partial charge in [0.1, 0.15) is 0 Å². The lowest BCUT2D eigenvalue weighted by molar-refractivity contribution is 0.199. The molecule has 0 unspecified atom stereocenters. The minimum Gasteiger partial charge on any atom is -0.383 e. The zero-order valence-electron chi connectivity index (χ0n) is 12.4. The van der Waals surface area contributed by atoms with Crippen LogP contribution in [0.5, 0.6) is 0 Å². The second kappa shape index (κ2) is 8.75. The Balaban J connectivity index is 2.06. The van der Waals surface area contributed by atoms with E-state index in [1.165, 1.54) is 16.0 Å². The Hall–Kier alpha value is -0.600. The van der Waals surface area contributed by atoms with Crippen LogP contribution in [0.4, 0.5) is 0 Å². The second-order valence-electron chi connectivity index (χ2n) is 4.42. The summed E-state index contributed by atoms with van der Waals surface area (Å²) in [5.74, 6) is 0.